The number of hydrogen-bond donors (Lipinski definition) is 0. The van der Waals surface area contributed by atoms with E-state index < -0.39 is 5.97 Å². The van der Waals surface area contributed by atoms with Crippen LogP contribution in [0.4, 0.5) is 0 Å². The number of hydrogen-bond acceptors (Lipinski definition) is 4. The Kier molecular flexibility index (Phi) is 4.34. The average molecular weight is 192 g/mol. The molecule has 0 aliphatic rings. The number of carbonyl (C=O) groups excluding carboxylic acids is 1. The molecule has 0 bridgehead atoms. The summed E-state index contributed by atoms with van der Waals surface area (Å²) in [5.74, 6) is -0.399. The van der Waals surface area contributed by atoms with Gasteiger partial charge in [-0.1, -0.05) is 19.1 Å². The molecule has 74 valence electrons. The van der Waals surface area contributed by atoms with Crippen LogP contribution in [-0.4, -0.2) is 22.5 Å². The monoisotopic (exact) mass is 192 g/mol. The van der Waals surface area contributed by atoms with E-state index in [9.17, 15) is 4.79 Å². The van der Waals surface area contributed by atoms with Crippen LogP contribution in [0, 0.1) is 0 Å². The zero-order chi connectivity index (χ0) is 10.2. The predicted molar refractivity (Wildman–Crippen MR) is 51.7 cm³/mol. The second kappa shape index (κ2) is 5.85. The topological polar surface area (TPSA) is 52.1 Å². The molecule has 0 aliphatic carbocycles. The molecule has 4 nitrogen and oxygen atoms in total. The highest BCUT2D eigenvalue weighted by Gasteiger charge is 2.07. The van der Waals surface area contributed by atoms with Crippen molar-refractivity contribution in [2.24, 2.45) is 0 Å². The minimum atomic E-state index is -0.494. The van der Waals surface area contributed by atoms with Crippen LogP contribution in [-0.2, 0) is 4.74 Å². The van der Waals surface area contributed by atoms with E-state index in [1.165, 1.54) is 12.4 Å². The van der Waals surface area contributed by atoms with Gasteiger partial charge in [0, 0.05) is 12.4 Å². The van der Waals surface area contributed by atoms with Crippen molar-refractivity contribution < 1.29 is 9.53 Å². The third-order valence-corrected chi connectivity index (χ3v) is 1.46. The van der Waals surface area contributed by atoms with Crippen LogP contribution >= 0.6 is 0 Å². The molecule has 1 aromatic heterocycles. The predicted octanol–water partition coefficient (Wildman–Crippen LogP) is 1.60. The van der Waals surface area contributed by atoms with E-state index in [0.717, 1.165) is 6.42 Å². The van der Waals surface area contributed by atoms with Crippen molar-refractivity contribution in [1.29, 1.82) is 0 Å². The maximum Gasteiger partial charge on any atom is 0.376 e. The zero-order valence-electron chi connectivity index (χ0n) is 8.01. The van der Waals surface area contributed by atoms with Crippen molar-refractivity contribution in [3.8, 4) is 0 Å². The molecule has 0 aromatic carbocycles. The molecule has 0 unspecified atom stereocenters. The van der Waals surface area contributed by atoms with Gasteiger partial charge in [0.1, 0.15) is 6.61 Å². The first-order valence-electron chi connectivity index (χ1n) is 4.43. The highest BCUT2D eigenvalue weighted by atomic mass is 16.5. The summed E-state index contributed by atoms with van der Waals surface area (Å²) in [7, 11) is 0. The standard InChI is InChI=1S/C10H12N2O2/c1-2-3-4-8-14-10(13)9-11-6-5-7-12-9/h3-7H,2,8H2,1H3/b4-3+. The minimum absolute atomic E-state index is 0.0948. The summed E-state index contributed by atoms with van der Waals surface area (Å²) in [5, 5.41) is 0. The van der Waals surface area contributed by atoms with E-state index in [1.807, 2.05) is 13.0 Å². The lowest BCUT2D eigenvalue weighted by Gasteiger charge is -1.98. The third-order valence-electron chi connectivity index (χ3n) is 1.46. The van der Waals surface area contributed by atoms with Crippen LogP contribution in [0.1, 0.15) is 24.0 Å². The number of aromatic nitrogens is 2. The molecule has 1 aromatic rings. The lowest BCUT2D eigenvalue weighted by atomic mass is 10.4. The first-order chi connectivity index (χ1) is 6.84. The van der Waals surface area contributed by atoms with Gasteiger partial charge >= 0.3 is 5.97 Å². The van der Waals surface area contributed by atoms with Crippen LogP contribution in [0.5, 0.6) is 0 Å². The number of carbonyl (C=O) groups is 1. The van der Waals surface area contributed by atoms with Crippen molar-refractivity contribution >= 4 is 5.97 Å². The zero-order valence-corrected chi connectivity index (χ0v) is 8.01. The molecule has 14 heavy (non-hydrogen) atoms. The van der Waals surface area contributed by atoms with Gasteiger partial charge in [0.2, 0.25) is 5.82 Å². The molecule has 1 heterocycles. The summed E-state index contributed by atoms with van der Waals surface area (Å²) in [5.41, 5.74) is 0. The van der Waals surface area contributed by atoms with Crippen LogP contribution in [0.25, 0.3) is 0 Å². The molecule has 0 atom stereocenters. The Morgan fingerprint density at radius 2 is 2.14 bits per heavy atom. The molecule has 0 aliphatic heterocycles. The van der Waals surface area contributed by atoms with Gasteiger partial charge in [-0.3, -0.25) is 0 Å². The van der Waals surface area contributed by atoms with Gasteiger partial charge < -0.3 is 4.74 Å². The lowest BCUT2D eigenvalue weighted by molar-refractivity contribution is 0.0535. The van der Waals surface area contributed by atoms with E-state index in [4.69, 9.17) is 4.74 Å². The molecule has 1 rings (SSSR count). The molecule has 0 saturated heterocycles. The summed E-state index contributed by atoms with van der Waals surface area (Å²) < 4.78 is 4.88. The van der Waals surface area contributed by atoms with Crippen molar-refractivity contribution in [2.45, 2.75) is 13.3 Å². The first kappa shape index (κ1) is 10.4. The molecule has 4 heteroatoms. The molecule has 0 fully saturated rings. The number of ether oxygens (including phenoxy) is 1. The largest absolute Gasteiger partial charge is 0.456 e. The maximum atomic E-state index is 11.2. The first-order valence-corrected chi connectivity index (χ1v) is 4.43. The summed E-state index contributed by atoms with van der Waals surface area (Å²) in [6, 6.07) is 1.65. The number of rotatable bonds is 4. The van der Waals surface area contributed by atoms with E-state index >= 15 is 0 Å². The maximum absolute atomic E-state index is 11.2. The van der Waals surface area contributed by atoms with E-state index in [-0.39, 0.29) is 12.4 Å². The van der Waals surface area contributed by atoms with E-state index in [0.29, 0.717) is 0 Å². The highest BCUT2D eigenvalue weighted by molar-refractivity contribution is 5.84. The SMILES string of the molecule is CC/C=C/COC(=O)c1ncccn1. The van der Waals surface area contributed by atoms with Crippen LogP contribution in [0.2, 0.25) is 0 Å². The van der Waals surface area contributed by atoms with Crippen molar-refractivity contribution in [3.63, 3.8) is 0 Å². The second-order valence-electron chi connectivity index (χ2n) is 2.55. The third kappa shape index (κ3) is 3.35. The Morgan fingerprint density at radius 3 is 2.79 bits per heavy atom. The quantitative estimate of drug-likeness (QED) is 0.537. The van der Waals surface area contributed by atoms with E-state index in [2.05, 4.69) is 9.97 Å². The van der Waals surface area contributed by atoms with Crippen molar-refractivity contribution in [2.75, 3.05) is 6.61 Å². The van der Waals surface area contributed by atoms with Gasteiger partial charge in [-0.25, -0.2) is 14.8 Å². The number of allylic oxidation sites excluding steroid dienone is 1. The lowest BCUT2D eigenvalue weighted by Crippen LogP contribution is -2.09. The molecule has 0 N–H and O–H groups in total. The molecule has 0 amide bonds. The Balaban J connectivity index is 2.40. The van der Waals surface area contributed by atoms with E-state index in [1.54, 1.807) is 12.1 Å². The second-order valence-corrected chi connectivity index (χ2v) is 2.55. The molecule has 0 spiro atoms. The van der Waals surface area contributed by atoms with Crippen molar-refractivity contribution in [1.82, 2.24) is 9.97 Å². The average Bonchev–Trinajstić information content (AvgIpc) is 2.25. The Morgan fingerprint density at radius 1 is 1.43 bits per heavy atom. The molecule has 0 radical (unpaired) electrons. The van der Waals surface area contributed by atoms with Crippen molar-refractivity contribution in [3.05, 3.63) is 36.4 Å². The van der Waals surface area contributed by atoms with Gasteiger partial charge in [0.15, 0.2) is 0 Å². The number of esters is 1. The summed E-state index contributed by atoms with van der Waals surface area (Å²) >= 11 is 0. The molecular weight excluding hydrogens is 180 g/mol. The fourth-order valence-electron chi connectivity index (χ4n) is 0.828. The van der Waals surface area contributed by atoms with Crippen LogP contribution in [0.15, 0.2) is 30.6 Å². The smallest absolute Gasteiger partial charge is 0.376 e. The Hall–Kier alpha value is -1.71. The Bertz CT molecular complexity index is 309. The van der Waals surface area contributed by atoms with Gasteiger partial charge in [-0.2, -0.15) is 0 Å². The Labute approximate surface area is 82.6 Å². The highest BCUT2D eigenvalue weighted by Crippen LogP contribution is 1.92. The van der Waals surface area contributed by atoms with Gasteiger partial charge in [-0.05, 0) is 12.5 Å². The summed E-state index contributed by atoms with van der Waals surface area (Å²) in [4.78, 5) is 18.8. The fourth-order valence-corrected chi connectivity index (χ4v) is 0.828. The number of nitrogens with zero attached hydrogens (tertiary/aromatic N) is 2. The summed E-state index contributed by atoms with van der Waals surface area (Å²) in [6.45, 7) is 2.28. The van der Waals surface area contributed by atoms with Crippen LogP contribution in [0.3, 0.4) is 0 Å². The minimum Gasteiger partial charge on any atom is -0.456 e. The van der Waals surface area contributed by atoms with Gasteiger partial charge in [-0.15, -0.1) is 0 Å². The van der Waals surface area contributed by atoms with Gasteiger partial charge in [0.05, 0.1) is 0 Å². The fraction of sp³-hybridized carbons (Fsp3) is 0.300. The molecular formula is C10H12N2O2. The summed E-state index contributed by atoms with van der Waals surface area (Å²) in [6.07, 6.45) is 7.66. The van der Waals surface area contributed by atoms with Crippen LogP contribution < -0.4 is 0 Å². The van der Waals surface area contributed by atoms with Gasteiger partial charge in [0.25, 0.3) is 0 Å². The molecule has 0 saturated carbocycles. The normalized spacial score (nSPS) is 10.4.